The summed E-state index contributed by atoms with van der Waals surface area (Å²) in [5, 5.41) is 6.47. The number of halogens is 2. The second-order valence-electron chi connectivity index (χ2n) is 6.32. The van der Waals surface area contributed by atoms with Gasteiger partial charge in [-0.1, -0.05) is 30.1 Å². The summed E-state index contributed by atoms with van der Waals surface area (Å²) in [7, 11) is -3.94. The lowest BCUT2D eigenvalue weighted by Crippen LogP contribution is -2.29. The highest BCUT2D eigenvalue weighted by atomic mass is 35.5. The van der Waals surface area contributed by atoms with Crippen LogP contribution in [0.1, 0.15) is 26.7 Å². The molecular weight excluding hydrogens is 421 g/mol. The average molecular weight is 444 g/mol. The number of carbonyl (C=O) groups excluding carboxylic acids is 1. The topological polar surface area (TPSA) is 87.3 Å². The van der Waals surface area contributed by atoms with Crippen molar-refractivity contribution < 1.29 is 13.2 Å². The lowest BCUT2D eigenvalue weighted by Gasteiger charge is -2.13. The minimum absolute atomic E-state index is 0.0536. The van der Waals surface area contributed by atoms with Crippen LogP contribution >= 0.6 is 23.2 Å². The largest absolute Gasteiger partial charge is 0.326 e. The lowest BCUT2D eigenvalue weighted by atomic mass is 10.2. The third-order valence-electron chi connectivity index (χ3n) is 4.06. The molecular formula is C19H23Cl2N3O3S. The number of anilines is 2. The van der Waals surface area contributed by atoms with Crippen molar-refractivity contribution in [2.75, 3.05) is 16.6 Å². The number of benzene rings is 2. The first-order chi connectivity index (χ1) is 13.2. The molecule has 3 N–H and O–H groups in total. The number of rotatable bonds is 9. The van der Waals surface area contributed by atoms with E-state index in [2.05, 4.69) is 22.3 Å². The molecule has 2 aromatic rings. The molecule has 0 bridgehead atoms. The van der Waals surface area contributed by atoms with Gasteiger partial charge in [0.1, 0.15) is 4.90 Å². The Morgan fingerprint density at radius 2 is 1.71 bits per heavy atom. The first-order valence-electron chi connectivity index (χ1n) is 8.82. The Morgan fingerprint density at radius 3 is 2.36 bits per heavy atom. The van der Waals surface area contributed by atoms with Gasteiger partial charge in [0.15, 0.2) is 0 Å². The number of carbonyl (C=O) groups is 1. The maximum absolute atomic E-state index is 12.7. The number of amides is 1. The van der Waals surface area contributed by atoms with Gasteiger partial charge in [-0.25, -0.2) is 8.42 Å². The van der Waals surface area contributed by atoms with E-state index in [1.165, 1.54) is 12.1 Å². The van der Waals surface area contributed by atoms with Gasteiger partial charge in [0.25, 0.3) is 10.0 Å². The van der Waals surface area contributed by atoms with Gasteiger partial charge in [0, 0.05) is 35.4 Å². The molecule has 0 unspecified atom stereocenters. The molecule has 0 aliphatic carbocycles. The number of hydrogen-bond acceptors (Lipinski definition) is 4. The maximum atomic E-state index is 12.7. The number of hydrogen-bond donors (Lipinski definition) is 3. The van der Waals surface area contributed by atoms with Crippen LogP contribution in [0.3, 0.4) is 0 Å². The standard InChI is InChI=1S/C19H23Cl2N3O3S/c1-3-13(2)22-11-10-19(25)23-16-8-9-17(21)18(12-16)28(26,27)24-15-6-4-14(20)5-7-15/h4-9,12-13,22,24H,3,10-11H2,1-2H3,(H,23,25)/t13-/m0/s1. The van der Waals surface area contributed by atoms with Crippen LogP contribution in [-0.4, -0.2) is 26.9 Å². The zero-order valence-corrected chi connectivity index (χ0v) is 18.0. The van der Waals surface area contributed by atoms with Crippen molar-refractivity contribution >= 4 is 50.5 Å². The Balaban J connectivity index is 2.09. The van der Waals surface area contributed by atoms with Crippen molar-refractivity contribution in [3.63, 3.8) is 0 Å². The summed E-state index contributed by atoms with van der Waals surface area (Å²) >= 11 is 11.9. The second-order valence-corrected chi connectivity index (χ2v) is 8.81. The molecule has 0 aliphatic heterocycles. The molecule has 1 amide bonds. The molecule has 1 atom stereocenters. The summed E-state index contributed by atoms with van der Waals surface area (Å²) in [6.07, 6.45) is 1.25. The summed E-state index contributed by atoms with van der Waals surface area (Å²) in [5.74, 6) is -0.216. The zero-order chi connectivity index (χ0) is 20.7. The molecule has 0 saturated heterocycles. The highest BCUT2D eigenvalue weighted by Crippen LogP contribution is 2.27. The van der Waals surface area contributed by atoms with Crippen LogP contribution in [0.2, 0.25) is 10.0 Å². The maximum Gasteiger partial charge on any atom is 0.263 e. The first kappa shape index (κ1) is 22.5. The van der Waals surface area contributed by atoms with Crippen LogP contribution < -0.4 is 15.4 Å². The molecule has 9 heteroatoms. The summed E-state index contributed by atoms with van der Waals surface area (Å²) in [4.78, 5) is 12.0. The highest BCUT2D eigenvalue weighted by Gasteiger charge is 2.19. The van der Waals surface area contributed by atoms with Crippen LogP contribution in [0.15, 0.2) is 47.4 Å². The summed E-state index contributed by atoms with van der Waals surface area (Å²) in [6, 6.07) is 10.9. The Hall–Kier alpha value is -1.80. The predicted octanol–water partition coefficient (Wildman–Crippen LogP) is 4.51. The van der Waals surface area contributed by atoms with Crippen molar-refractivity contribution in [1.29, 1.82) is 0 Å². The monoisotopic (exact) mass is 443 g/mol. The summed E-state index contributed by atoms with van der Waals surface area (Å²) in [6.45, 7) is 4.64. The molecule has 2 rings (SSSR count). The molecule has 2 aromatic carbocycles. The van der Waals surface area contributed by atoms with Gasteiger partial charge < -0.3 is 10.6 Å². The van der Waals surface area contributed by atoms with Crippen molar-refractivity contribution in [3.8, 4) is 0 Å². The number of nitrogens with one attached hydrogen (secondary N) is 3. The van der Waals surface area contributed by atoms with E-state index < -0.39 is 10.0 Å². The third-order valence-corrected chi connectivity index (χ3v) is 6.17. The van der Waals surface area contributed by atoms with Crippen molar-refractivity contribution in [3.05, 3.63) is 52.5 Å². The lowest BCUT2D eigenvalue weighted by molar-refractivity contribution is -0.116. The van der Waals surface area contributed by atoms with Crippen LogP contribution in [-0.2, 0) is 14.8 Å². The molecule has 0 radical (unpaired) electrons. The molecule has 0 spiro atoms. The Labute approximate surface area is 175 Å². The van der Waals surface area contributed by atoms with Gasteiger partial charge >= 0.3 is 0 Å². The minimum Gasteiger partial charge on any atom is -0.326 e. The van der Waals surface area contributed by atoms with E-state index >= 15 is 0 Å². The molecule has 6 nitrogen and oxygen atoms in total. The Kier molecular flexibility index (Phi) is 8.12. The van der Waals surface area contributed by atoms with E-state index in [1.54, 1.807) is 30.3 Å². The van der Waals surface area contributed by atoms with Gasteiger partial charge in [-0.3, -0.25) is 9.52 Å². The minimum atomic E-state index is -3.94. The average Bonchev–Trinajstić information content (AvgIpc) is 2.64. The number of sulfonamides is 1. The smallest absolute Gasteiger partial charge is 0.263 e. The SMILES string of the molecule is CC[C@H](C)NCCC(=O)Nc1ccc(Cl)c(S(=O)(=O)Nc2ccc(Cl)cc2)c1. The fourth-order valence-electron chi connectivity index (χ4n) is 2.32. The van der Waals surface area contributed by atoms with Gasteiger partial charge in [-0.05, 0) is 55.8 Å². The normalized spacial score (nSPS) is 12.4. The van der Waals surface area contributed by atoms with Crippen LogP contribution in [0.25, 0.3) is 0 Å². The predicted molar refractivity (Wildman–Crippen MR) is 115 cm³/mol. The molecule has 0 heterocycles. The van der Waals surface area contributed by atoms with E-state index in [0.29, 0.717) is 29.0 Å². The van der Waals surface area contributed by atoms with E-state index in [1.807, 2.05) is 6.92 Å². The van der Waals surface area contributed by atoms with Gasteiger partial charge in [0.05, 0.1) is 5.02 Å². The van der Waals surface area contributed by atoms with Gasteiger partial charge in [-0.2, -0.15) is 0 Å². The second kappa shape index (κ2) is 10.1. The molecule has 0 aromatic heterocycles. The molecule has 0 saturated carbocycles. The first-order valence-corrected chi connectivity index (χ1v) is 11.1. The fraction of sp³-hybridized carbons (Fsp3) is 0.316. The van der Waals surface area contributed by atoms with Crippen LogP contribution in [0, 0.1) is 0 Å². The molecule has 0 fully saturated rings. The van der Waals surface area contributed by atoms with Gasteiger partial charge in [0.2, 0.25) is 5.91 Å². The quantitative estimate of drug-likeness (QED) is 0.531. The zero-order valence-electron chi connectivity index (χ0n) is 15.6. The van der Waals surface area contributed by atoms with Gasteiger partial charge in [-0.15, -0.1) is 0 Å². The van der Waals surface area contributed by atoms with E-state index in [0.717, 1.165) is 6.42 Å². The highest BCUT2D eigenvalue weighted by molar-refractivity contribution is 7.92. The Morgan fingerprint density at radius 1 is 1.07 bits per heavy atom. The molecule has 0 aliphatic rings. The van der Waals surface area contributed by atoms with E-state index in [9.17, 15) is 13.2 Å². The van der Waals surface area contributed by atoms with Crippen molar-refractivity contribution in [2.45, 2.75) is 37.6 Å². The van der Waals surface area contributed by atoms with Crippen molar-refractivity contribution in [2.24, 2.45) is 0 Å². The molecule has 28 heavy (non-hydrogen) atoms. The fourth-order valence-corrected chi connectivity index (χ4v) is 4.03. The van der Waals surface area contributed by atoms with E-state index in [-0.39, 0.29) is 22.2 Å². The Bertz CT molecular complexity index is 919. The van der Waals surface area contributed by atoms with Crippen molar-refractivity contribution in [1.82, 2.24) is 5.32 Å². The summed E-state index contributed by atoms with van der Waals surface area (Å²) in [5.41, 5.74) is 0.709. The van der Waals surface area contributed by atoms with Crippen LogP contribution in [0.5, 0.6) is 0 Å². The van der Waals surface area contributed by atoms with E-state index in [4.69, 9.17) is 23.2 Å². The van der Waals surface area contributed by atoms with Crippen LogP contribution in [0.4, 0.5) is 11.4 Å². The summed E-state index contributed by atoms with van der Waals surface area (Å²) < 4.78 is 27.8. The third kappa shape index (κ3) is 6.67. The molecule has 152 valence electrons.